The fourth-order valence-corrected chi connectivity index (χ4v) is 2.64. The van der Waals surface area contributed by atoms with E-state index in [1.807, 2.05) is 0 Å². The van der Waals surface area contributed by atoms with E-state index in [9.17, 15) is 8.42 Å². The van der Waals surface area contributed by atoms with Crippen LogP contribution in [0, 0.1) is 13.8 Å². The molecule has 104 valence electrons. The van der Waals surface area contributed by atoms with Gasteiger partial charge in [0.2, 0.25) is 5.89 Å². The molecule has 0 aromatic carbocycles. The van der Waals surface area contributed by atoms with Gasteiger partial charge >= 0.3 is 0 Å². The van der Waals surface area contributed by atoms with Gasteiger partial charge in [0.05, 0.1) is 13.2 Å². The predicted molar refractivity (Wildman–Crippen MR) is 62.3 cm³/mol. The van der Waals surface area contributed by atoms with Crippen LogP contribution < -0.4 is 4.72 Å². The molecule has 2 aromatic rings. The first-order chi connectivity index (χ1) is 8.94. The molecule has 0 aliphatic carbocycles. The lowest BCUT2D eigenvalue weighted by Gasteiger charge is -2.03. The lowest BCUT2D eigenvalue weighted by Crippen LogP contribution is -2.25. The maximum Gasteiger partial charge on any atom is 0.260 e. The molecule has 0 aliphatic heterocycles. The average Bonchev–Trinajstić information content (AvgIpc) is 2.93. The normalized spacial score (nSPS) is 11.9. The maximum absolute atomic E-state index is 12.0. The van der Waals surface area contributed by atoms with Crippen molar-refractivity contribution in [3.63, 3.8) is 0 Å². The molecule has 2 heterocycles. The van der Waals surface area contributed by atoms with Crippen LogP contribution in [0.3, 0.4) is 0 Å². The number of aromatic amines is 1. The molecule has 0 saturated carbocycles. The minimum atomic E-state index is -3.85. The number of aryl methyl sites for hydroxylation is 2. The number of aromatic nitrogens is 4. The van der Waals surface area contributed by atoms with Crippen molar-refractivity contribution in [1.82, 2.24) is 25.1 Å². The Labute approximate surface area is 109 Å². The number of rotatable bonds is 5. The number of nitrogens with zero attached hydrogens (tertiary/aromatic N) is 3. The van der Waals surface area contributed by atoms with Crippen molar-refractivity contribution in [3.8, 4) is 0 Å². The largest absolute Gasteiger partial charge is 0.392 e. The van der Waals surface area contributed by atoms with Crippen molar-refractivity contribution in [2.45, 2.75) is 32.0 Å². The Morgan fingerprint density at radius 1 is 1.42 bits per heavy atom. The van der Waals surface area contributed by atoms with Crippen LogP contribution in [0.2, 0.25) is 0 Å². The standard InChI is InChI=1S/C9H13N5O4S/c1-5-7(4-15)9(13-12-5)19(16,17)10-3-8-11-6(2)18-14-8/h10,15H,3-4H2,1-2H3,(H,12,13). The summed E-state index contributed by atoms with van der Waals surface area (Å²) in [6.45, 7) is 2.70. The number of aliphatic hydroxyl groups is 1. The SMILES string of the molecule is Cc1nc(CNS(=O)(=O)c2n[nH]c(C)c2CO)no1. The van der Waals surface area contributed by atoms with E-state index in [0.29, 0.717) is 11.6 Å². The molecule has 2 aromatic heterocycles. The van der Waals surface area contributed by atoms with Crippen LogP contribution in [-0.2, 0) is 23.2 Å². The summed E-state index contributed by atoms with van der Waals surface area (Å²) >= 11 is 0. The number of aliphatic hydroxyl groups excluding tert-OH is 1. The minimum Gasteiger partial charge on any atom is -0.392 e. The highest BCUT2D eigenvalue weighted by atomic mass is 32.2. The van der Waals surface area contributed by atoms with Gasteiger partial charge in [0.1, 0.15) is 0 Å². The number of H-pyrrole nitrogens is 1. The monoisotopic (exact) mass is 287 g/mol. The van der Waals surface area contributed by atoms with Gasteiger partial charge in [-0.1, -0.05) is 5.16 Å². The quantitative estimate of drug-likeness (QED) is 0.667. The van der Waals surface area contributed by atoms with Crippen LogP contribution in [0.5, 0.6) is 0 Å². The second kappa shape index (κ2) is 5.07. The fourth-order valence-electron chi connectivity index (χ4n) is 1.48. The van der Waals surface area contributed by atoms with Crippen molar-refractivity contribution in [2.75, 3.05) is 0 Å². The zero-order valence-electron chi connectivity index (χ0n) is 10.3. The second-order valence-corrected chi connectivity index (χ2v) is 5.53. The summed E-state index contributed by atoms with van der Waals surface area (Å²) in [4.78, 5) is 3.87. The molecular weight excluding hydrogens is 274 g/mol. The highest BCUT2D eigenvalue weighted by Gasteiger charge is 2.23. The first-order valence-corrected chi connectivity index (χ1v) is 6.86. The summed E-state index contributed by atoms with van der Waals surface area (Å²) < 4.78 is 31.0. The van der Waals surface area contributed by atoms with Crippen molar-refractivity contribution in [3.05, 3.63) is 23.0 Å². The van der Waals surface area contributed by atoms with Gasteiger partial charge in [-0.2, -0.15) is 10.1 Å². The smallest absolute Gasteiger partial charge is 0.260 e. The van der Waals surface area contributed by atoms with Crippen molar-refractivity contribution >= 4 is 10.0 Å². The lowest BCUT2D eigenvalue weighted by molar-refractivity contribution is 0.277. The summed E-state index contributed by atoms with van der Waals surface area (Å²) in [5.41, 5.74) is 0.732. The molecule has 0 amide bonds. The van der Waals surface area contributed by atoms with Crippen LogP contribution in [0.1, 0.15) is 23.0 Å². The molecule has 0 bridgehead atoms. The number of hydrogen-bond acceptors (Lipinski definition) is 7. The van der Waals surface area contributed by atoms with E-state index < -0.39 is 16.6 Å². The lowest BCUT2D eigenvalue weighted by atomic mass is 10.3. The van der Waals surface area contributed by atoms with E-state index in [1.54, 1.807) is 13.8 Å². The highest BCUT2D eigenvalue weighted by Crippen LogP contribution is 2.15. The number of nitrogens with one attached hydrogen (secondary N) is 2. The van der Waals surface area contributed by atoms with Crippen LogP contribution in [0.15, 0.2) is 9.55 Å². The van der Waals surface area contributed by atoms with Crippen molar-refractivity contribution < 1.29 is 18.0 Å². The molecule has 3 N–H and O–H groups in total. The molecule has 2 rings (SSSR count). The number of sulfonamides is 1. The van der Waals surface area contributed by atoms with Gasteiger partial charge in [0, 0.05) is 18.2 Å². The molecule has 10 heteroatoms. The van der Waals surface area contributed by atoms with Crippen LogP contribution >= 0.6 is 0 Å². The van der Waals surface area contributed by atoms with E-state index in [1.165, 1.54) is 0 Å². The van der Waals surface area contributed by atoms with Gasteiger partial charge < -0.3 is 9.63 Å². The third-order valence-corrected chi connectivity index (χ3v) is 3.81. The molecule has 0 unspecified atom stereocenters. The molecule has 0 fully saturated rings. The summed E-state index contributed by atoms with van der Waals surface area (Å²) in [6, 6.07) is 0. The second-order valence-electron chi connectivity index (χ2n) is 3.84. The molecule has 0 aliphatic rings. The third kappa shape index (κ3) is 2.80. The van der Waals surface area contributed by atoms with E-state index in [2.05, 4.69) is 25.1 Å². The van der Waals surface area contributed by atoms with Crippen LogP contribution in [0.4, 0.5) is 0 Å². The molecule has 9 nitrogen and oxygen atoms in total. The van der Waals surface area contributed by atoms with Gasteiger partial charge in [0.25, 0.3) is 10.0 Å². The molecule has 0 radical (unpaired) electrons. The van der Waals surface area contributed by atoms with Gasteiger partial charge in [-0.15, -0.1) is 0 Å². The van der Waals surface area contributed by atoms with Crippen molar-refractivity contribution in [2.24, 2.45) is 0 Å². The topological polar surface area (TPSA) is 134 Å². The Morgan fingerprint density at radius 3 is 2.74 bits per heavy atom. The van der Waals surface area contributed by atoms with Gasteiger partial charge in [-0.25, -0.2) is 13.1 Å². The number of hydrogen-bond donors (Lipinski definition) is 3. The Balaban J connectivity index is 2.18. The molecule has 19 heavy (non-hydrogen) atoms. The third-order valence-electron chi connectivity index (χ3n) is 2.44. The first-order valence-electron chi connectivity index (χ1n) is 5.37. The van der Waals surface area contributed by atoms with E-state index >= 15 is 0 Å². The molecule has 0 saturated heterocycles. The van der Waals surface area contributed by atoms with Crippen LogP contribution in [-0.4, -0.2) is 33.9 Å². The van der Waals surface area contributed by atoms with Crippen molar-refractivity contribution in [1.29, 1.82) is 0 Å². The first kappa shape index (κ1) is 13.6. The summed E-state index contributed by atoms with van der Waals surface area (Å²) in [6.07, 6.45) is 0. The Bertz CT molecular complexity index is 675. The fraction of sp³-hybridized carbons (Fsp3) is 0.444. The van der Waals surface area contributed by atoms with E-state index in [0.717, 1.165) is 0 Å². The summed E-state index contributed by atoms with van der Waals surface area (Å²) in [7, 11) is -3.85. The Hall–Kier alpha value is -1.78. The zero-order chi connectivity index (χ0) is 14.0. The maximum atomic E-state index is 12.0. The van der Waals surface area contributed by atoms with Crippen LogP contribution in [0.25, 0.3) is 0 Å². The highest BCUT2D eigenvalue weighted by molar-refractivity contribution is 7.89. The van der Waals surface area contributed by atoms with Gasteiger partial charge in [-0.3, -0.25) is 5.10 Å². The van der Waals surface area contributed by atoms with Gasteiger partial charge in [0.15, 0.2) is 10.9 Å². The Kier molecular flexibility index (Phi) is 3.64. The summed E-state index contributed by atoms with van der Waals surface area (Å²) in [5, 5.41) is 18.7. The molecule has 0 spiro atoms. The van der Waals surface area contributed by atoms with Gasteiger partial charge in [-0.05, 0) is 6.92 Å². The Morgan fingerprint density at radius 2 is 2.16 bits per heavy atom. The minimum absolute atomic E-state index is 0.115. The zero-order valence-corrected chi connectivity index (χ0v) is 11.2. The van der Waals surface area contributed by atoms with E-state index in [-0.39, 0.29) is 23.0 Å². The summed E-state index contributed by atoms with van der Waals surface area (Å²) in [5.74, 6) is 0.569. The molecule has 0 atom stereocenters. The molecular formula is C9H13N5O4S. The predicted octanol–water partition coefficient (Wildman–Crippen LogP) is -0.620. The average molecular weight is 287 g/mol. The van der Waals surface area contributed by atoms with E-state index in [4.69, 9.17) is 9.63 Å².